The number of nitrogens with one attached hydrogen (secondary N) is 3. The van der Waals surface area contributed by atoms with Crippen molar-refractivity contribution in [1.82, 2.24) is 20.9 Å². The third kappa shape index (κ3) is 4.85. The van der Waals surface area contributed by atoms with Gasteiger partial charge in [0, 0.05) is 36.5 Å². The maximum atomic E-state index is 12.3. The first-order chi connectivity index (χ1) is 14.1. The van der Waals surface area contributed by atoms with Gasteiger partial charge in [-0.15, -0.1) is 22.7 Å². The highest BCUT2D eigenvalue weighted by Gasteiger charge is 2.43. The first kappa shape index (κ1) is 20.1. The van der Waals surface area contributed by atoms with E-state index in [-0.39, 0.29) is 35.8 Å². The summed E-state index contributed by atoms with van der Waals surface area (Å²) in [6, 6.07) is 7.43. The number of fused-ring (bicyclic) bond motifs is 1. The van der Waals surface area contributed by atoms with Gasteiger partial charge in [-0.25, -0.2) is 0 Å². The van der Waals surface area contributed by atoms with Gasteiger partial charge in [0.05, 0.1) is 17.5 Å². The molecule has 3 unspecified atom stereocenters. The van der Waals surface area contributed by atoms with E-state index in [4.69, 9.17) is 0 Å². The summed E-state index contributed by atoms with van der Waals surface area (Å²) in [5.41, 5.74) is 0. The van der Waals surface area contributed by atoms with Gasteiger partial charge in [-0.3, -0.25) is 19.3 Å². The van der Waals surface area contributed by atoms with Crippen LogP contribution in [0.25, 0.3) is 0 Å². The Bertz CT molecular complexity index is 853. The summed E-state index contributed by atoms with van der Waals surface area (Å²) in [6.45, 7) is 1.73. The highest BCUT2D eigenvalue weighted by atomic mass is 32.1. The Morgan fingerprint density at radius 2 is 2.03 bits per heavy atom. The molecule has 154 valence electrons. The van der Waals surface area contributed by atoms with Gasteiger partial charge in [0.15, 0.2) is 0 Å². The zero-order chi connectivity index (χ0) is 20.2. The van der Waals surface area contributed by atoms with Gasteiger partial charge in [0.1, 0.15) is 0 Å². The number of piperazine rings is 1. The lowest BCUT2D eigenvalue weighted by Gasteiger charge is -2.37. The summed E-state index contributed by atoms with van der Waals surface area (Å²) in [7, 11) is 0. The molecule has 4 heterocycles. The van der Waals surface area contributed by atoms with E-state index in [9.17, 15) is 14.4 Å². The average molecular weight is 433 g/mol. The fourth-order valence-corrected chi connectivity index (χ4v) is 5.27. The maximum Gasteiger partial charge on any atom is 0.261 e. The lowest BCUT2D eigenvalue weighted by atomic mass is 10.0. The Hall–Kier alpha value is -2.23. The van der Waals surface area contributed by atoms with Crippen LogP contribution in [0, 0.1) is 0 Å². The van der Waals surface area contributed by atoms with Gasteiger partial charge in [0.25, 0.3) is 5.91 Å². The summed E-state index contributed by atoms with van der Waals surface area (Å²) in [5, 5.41) is 12.8. The molecule has 2 saturated heterocycles. The van der Waals surface area contributed by atoms with Crippen LogP contribution in [0.5, 0.6) is 0 Å². The van der Waals surface area contributed by atoms with E-state index >= 15 is 0 Å². The summed E-state index contributed by atoms with van der Waals surface area (Å²) in [6.07, 6.45) is 1.70. The molecular weight excluding hydrogens is 408 g/mol. The van der Waals surface area contributed by atoms with Gasteiger partial charge >= 0.3 is 0 Å². The molecule has 29 heavy (non-hydrogen) atoms. The number of carbonyl (C=O) groups excluding carboxylic acids is 3. The van der Waals surface area contributed by atoms with Crippen molar-refractivity contribution in [3.05, 3.63) is 44.8 Å². The molecule has 0 bridgehead atoms. The van der Waals surface area contributed by atoms with Gasteiger partial charge in [0.2, 0.25) is 11.8 Å². The van der Waals surface area contributed by atoms with E-state index in [1.807, 2.05) is 29.0 Å². The molecule has 3 atom stereocenters. The molecule has 0 saturated carbocycles. The molecule has 0 aliphatic carbocycles. The first-order valence-electron chi connectivity index (χ1n) is 9.77. The monoisotopic (exact) mass is 432 g/mol. The number of rotatable bonds is 7. The highest BCUT2D eigenvalue weighted by molar-refractivity contribution is 7.12. The minimum atomic E-state index is -0.239. The first-order valence-corrected chi connectivity index (χ1v) is 11.5. The molecule has 2 aliphatic rings. The summed E-state index contributed by atoms with van der Waals surface area (Å²) >= 11 is 3.03. The van der Waals surface area contributed by atoms with Crippen LogP contribution in [-0.2, 0) is 16.1 Å². The molecule has 7 nitrogen and oxygen atoms in total. The van der Waals surface area contributed by atoms with Crippen LogP contribution in [0.2, 0.25) is 0 Å². The average Bonchev–Trinajstić information content (AvgIpc) is 3.47. The molecule has 0 spiro atoms. The topological polar surface area (TPSA) is 90.5 Å². The highest BCUT2D eigenvalue weighted by Crippen LogP contribution is 2.26. The van der Waals surface area contributed by atoms with E-state index in [2.05, 4.69) is 20.9 Å². The van der Waals surface area contributed by atoms with Crippen LogP contribution in [0.3, 0.4) is 0 Å². The normalized spacial score (nSPS) is 24.0. The quantitative estimate of drug-likeness (QED) is 0.620. The Morgan fingerprint density at radius 3 is 2.79 bits per heavy atom. The minimum Gasteiger partial charge on any atom is -0.353 e. The molecule has 9 heteroatoms. The van der Waals surface area contributed by atoms with Crippen molar-refractivity contribution in [2.45, 2.75) is 43.9 Å². The lowest BCUT2D eigenvalue weighted by molar-refractivity contribution is -0.129. The molecular formula is C20H24N4O3S2. The summed E-state index contributed by atoms with van der Waals surface area (Å²) in [5.74, 6) is -0.0559. The predicted octanol–water partition coefficient (Wildman–Crippen LogP) is 1.58. The van der Waals surface area contributed by atoms with Crippen LogP contribution in [-0.4, -0.2) is 53.8 Å². The second-order valence-corrected chi connectivity index (χ2v) is 9.37. The van der Waals surface area contributed by atoms with Crippen LogP contribution >= 0.6 is 22.7 Å². The van der Waals surface area contributed by atoms with E-state index in [0.717, 1.165) is 4.88 Å². The molecule has 2 aliphatic heterocycles. The second-order valence-electron chi connectivity index (χ2n) is 7.39. The van der Waals surface area contributed by atoms with Gasteiger partial charge < -0.3 is 16.0 Å². The zero-order valence-corrected chi connectivity index (χ0v) is 17.6. The summed E-state index contributed by atoms with van der Waals surface area (Å²) < 4.78 is 0. The third-order valence-electron chi connectivity index (χ3n) is 5.45. The van der Waals surface area contributed by atoms with E-state index in [0.29, 0.717) is 43.8 Å². The number of hydrogen-bond acceptors (Lipinski definition) is 6. The van der Waals surface area contributed by atoms with Crippen molar-refractivity contribution >= 4 is 40.4 Å². The van der Waals surface area contributed by atoms with Crippen molar-refractivity contribution in [2.24, 2.45) is 0 Å². The molecule has 3 N–H and O–H groups in total. The molecule has 2 aromatic rings. The van der Waals surface area contributed by atoms with Gasteiger partial charge in [-0.1, -0.05) is 12.1 Å². The molecule has 0 radical (unpaired) electrons. The van der Waals surface area contributed by atoms with Gasteiger partial charge in [-0.05, 0) is 35.7 Å². The SMILES string of the molecule is O=C(CCC1CNC(=O)C2CC(NC(=O)c3cccs3)CN12)NCc1cccs1. The predicted molar refractivity (Wildman–Crippen MR) is 113 cm³/mol. The number of nitrogens with zero attached hydrogens (tertiary/aromatic N) is 1. The fourth-order valence-electron chi connectivity index (χ4n) is 4.00. The number of amides is 3. The molecule has 4 rings (SSSR count). The standard InChI is InChI=1S/C20H24N4O3S2/c25-18(21-11-15-3-1-7-28-15)6-5-14-10-22-19(26)16-9-13(12-24(14)16)23-20(27)17-4-2-8-29-17/h1-4,7-8,13-14,16H,5-6,9-12H2,(H,21,25)(H,22,26)(H,23,27). The van der Waals surface area contributed by atoms with Crippen molar-refractivity contribution in [1.29, 1.82) is 0 Å². The van der Waals surface area contributed by atoms with E-state index in [1.165, 1.54) is 11.3 Å². The number of hydrogen-bond donors (Lipinski definition) is 3. The van der Waals surface area contributed by atoms with E-state index < -0.39 is 0 Å². The van der Waals surface area contributed by atoms with Crippen LogP contribution in [0.1, 0.15) is 33.8 Å². The van der Waals surface area contributed by atoms with E-state index in [1.54, 1.807) is 17.4 Å². The zero-order valence-electron chi connectivity index (χ0n) is 15.9. The van der Waals surface area contributed by atoms with Crippen molar-refractivity contribution in [3.8, 4) is 0 Å². The van der Waals surface area contributed by atoms with Crippen LogP contribution in [0.15, 0.2) is 35.0 Å². The molecule has 0 aromatic carbocycles. The smallest absolute Gasteiger partial charge is 0.261 e. The Morgan fingerprint density at radius 1 is 1.21 bits per heavy atom. The Labute approximate surface area is 177 Å². The van der Waals surface area contributed by atoms with Crippen molar-refractivity contribution in [3.63, 3.8) is 0 Å². The minimum absolute atomic E-state index is 0.0104. The van der Waals surface area contributed by atoms with Gasteiger partial charge in [-0.2, -0.15) is 0 Å². The van der Waals surface area contributed by atoms with Crippen molar-refractivity contribution in [2.75, 3.05) is 13.1 Å². The number of carbonyl (C=O) groups is 3. The number of thiophene rings is 2. The molecule has 2 fully saturated rings. The second kappa shape index (κ2) is 9.06. The third-order valence-corrected chi connectivity index (χ3v) is 7.19. The Balaban J connectivity index is 1.29. The van der Waals surface area contributed by atoms with Crippen LogP contribution < -0.4 is 16.0 Å². The lowest BCUT2D eigenvalue weighted by Crippen LogP contribution is -2.58. The Kier molecular flexibility index (Phi) is 6.27. The van der Waals surface area contributed by atoms with Crippen LogP contribution in [0.4, 0.5) is 0 Å². The maximum absolute atomic E-state index is 12.3. The largest absolute Gasteiger partial charge is 0.353 e. The molecule has 3 amide bonds. The summed E-state index contributed by atoms with van der Waals surface area (Å²) in [4.78, 5) is 40.8. The molecule has 2 aromatic heterocycles. The van der Waals surface area contributed by atoms with Crippen molar-refractivity contribution < 1.29 is 14.4 Å². The fraction of sp³-hybridized carbons (Fsp3) is 0.450.